The van der Waals surface area contributed by atoms with Crippen LogP contribution in [0.3, 0.4) is 0 Å². The van der Waals surface area contributed by atoms with E-state index in [0.717, 1.165) is 6.42 Å². The molecule has 0 aromatic rings. The van der Waals surface area contributed by atoms with E-state index in [2.05, 4.69) is 0 Å². The molecule has 0 spiro atoms. The highest BCUT2D eigenvalue weighted by Crippen LogP contribution is 2.23. The highest BCUT2D eigenvalue weighted by Gasteiger charge is 2.28. The standard InChI is InChI=1S/C16H30N2O5/c1-17(2)8-5-14(19)21-10-7-13-11-16(22-12-13)23-15(20)6-9-18(3)4/h13,16H,5-12H2,1-4H3/t13?,16-/m0/s1. The van der Waals surface area contributed by atoms with Gasteiger partial charge in [0.05, 0.1) is 26.1 Å². The van der Waals surface area contributed by atoms with Crippen molar-refractivity contribution in [2.75, 3.05) is 54.5 Å². The Kier molecular flexibility index (Phi) is 9.13. The van der Waals surface area contributed by atoms with Crippen LogP contribution in [0.1, 0.15) is 25.7 Å². The average molecular weight is 330 g/mol. The number of carbonyl (C=O) groups is 2. The molecule has 0 amide bonds. The second-order valence-corrected chi connectivity index (χ2v) is 6.47. The Bertz CT molecular complexity index is 373. The lowest BCUT2D eigenvalue weighted by atomic mass is 10.1. The quantitative estimate of drug-likeness (QED) is 0.547. The van der Waals surface area contributed by atoms with Gasteiger partial charge in [-0.3, -0.25) is 9.59 Å². The average Bonchev–Trinajstić information content (AvgIpc) is 2.90. The van der Waals surface area contributed by atoms with Crippen molar-refractivity contribution in [3.05, 3.63) is 0 Å². The molecule has 1 fully saturated rings. The van der Waals surface area contributed by atoms with Gasteiger partial charge >= 0.3 is 11.9 Å². The molecule has 0 aromatic heterocycles. The molecule has 0 saturated carbocycles. The van der Waals surface area contributed by atoms with Crippen molar-refractivity contribution in [1.29, 1.82) is 0 Å². The summed E-state index contributed by atoms with van der Waals surface area (Å²) in [5, 5.41) is 0. The molecule has 23 heavy (non-hydrogen) atoms. The Hall–Kier alpha value is -1.18. The number of hydrogen-bond donors (Lipinski definition) is 0. The Balaban J connectivity index is 2.10. The zero-order valence-corrected chi connectivity index (χ0v) is 14.7. The van der Waals surface area contributed by atoms with Crippen molar-refractivity contribution in [2.45, 2.75) is 32.0 Å². The Morgan fingerprint density at radius 2 is 1.65 bits per heavy atom. The third kappa shape index (κ3) is 9.53. The fourth-order valence-electron chi connectivity index (χ4n) is 2.18. The van der Waals surface area contributed by atoms with E-state index in [9.17, 15) is 9.59 Å². The minimum atomic E-state index is -0.459. The predicted octanol–water partition coefficient (Wildman–Crippen LogP) is 0.729. The topological polar surface area (TPSA) is 68.3 Å². The number of esters is 2. The highest BCUT2D eigenvalue weighted by atomic mass is 16.7. The van der Waals surface area contributed by atoms with Gasteiger partial charge in [0.1, 0.15) is 0 Å². The molecule has 0 bridgehead atoms. The molecule has 7 nitrogen and oxygen atoms in total. The van der Waals surface area contributed by atoms with Crippen molar-refractivity contribution in [2.24, 2.45) is 5.92 Å². The molecule has 0 radical (unpaired) electrons. The maximum atomic E-state index is 11.6. The first-order valence-corrected chi connectivity index (χ1v) is 8.13. The minimum Gasteiger partial charge on any atom is -0.466 e. The van der Waals surface area contributed by atoms with Crippen LogP contribution in [0.2, 0.25) is 0 Å². The van der Waals surface area contributed by atoms with Gasteiger partial charge in [-0.1, -0.05) is 0 Å². The van der Waals surface area contributed by atoms with Crippen LogP contribution in [0, 0.1) is 5.92 Å². The Morgan fingerprint density at radius 1 is 1.04 bits per heavy atom. The van der Waals surface area contributed by atoms with Crippen LogP contribution >= 0.6 is 0 Å². The van der Waals surface area contributed by atoms with Crippen LogP contribution < -0.4 is 0 Å². The molecule has 1 unspecified atom stereocenters. The summed E-state index contributed by atoms with van der Waals surface area (Å²) in [6.45, 7) is 2.29. The zero-order valence-electron chi connectivity index (χ0n) is 14.7. The van der Waals surface area contributed by atoms with Crippen molar-refractivity contribution in [3.63, 3.8) is 0 Å². The molecule has 1 heterocycles. The van der Waals surface area contributed by atoms with Gasteiger partial charge < -0.3 is 24.0 Å². The molecular weight excluding hydrogens is 300 g/mol. The van der Waals surface area contributed by atoms with Gasteiger partial charge in [-0.05, 0) is 40.5 Å². The molecule has 0 aromatic carbocycles. The lowest BCUT2D eigenvalue weighted by molar-refractivity contribution is -0.170. The van der Waals surface area contributed by atoms with Gasteiger partial charge in [0.15, 0.2) is 0 Å². The third-order valence-electron chi connectivity index (χ3n) is 3.62. The van der Waals surface area contributed by atoms with Crippen molar-refractivity contribution in [3.8, 4) is 0 Å². The smallest absolute Gasteiger partial charge is 0.309 e. The second kappa shape index (κ2) is 10.6. The van der Waals surface area contributed by atoms with Crippen LogP contribution in [0.25, 0.3) is 0 Å². The summed E-state index contributed by atoms with van der Waals surface area (Å²) in [4.78, 5) is 27.0. The molecule has 2 atom stereocenters. The van der Waals surface area contributed by atoms with Gasteiger partial charge in [0.25, 0.3) is 0 Å². The summed E-state index contributed by atoms with van der Waals surface area (Å²) >= 11 is 0. The largest absolute Gasteiger partial charge is 0.466 e. The maximum absolute atomic E-state index is 11.6. The molecule has 1 aliphatic rings. The number of carbonyl (C=O) groups excluding carboxylic acids is 2. The number of rotatable bonds is 10. The predicted molar refractivity (Wildman–Crippen MR) is 85.9 cm³/mol. The van der Waals surface area contributed by atoms with E-state index >= 15 is 0 Å². The van der Waals surface area contributed by atoms with Crippen molar-refractivity contribution < 1.29 is 23.8 Å². The molecule has 1 aliphatic heterocycles. The van der Waals surface area contributed by atoms with Crippen LogP contribution in [0.5, 0.6) is 0 Å². The van der Waals surface area contributed by atoms with E-state index in [1.807, 2.05) is 38.0 Å². The first-order chi connectivity index (χ1) is 10.9. The first kappa shape index (κ1) is 19.9. The fourth-order valence-corrected chi connectivity index (χ4v) is 2.18. The van der Waals surface area contributed by atoms with E-state index in [1.54, 1.807) is 0 Å². The first-order valence-electron chi connectivity index (χ1n) is 8.13. The lowest BCUT2D eigenvalue weighted by Gasteiger charge is -2.13. The van der Waals surface area contributed by atoms with Crippen LogP contribution in [0.4, 0.5) is 0 Å². The third-order valence-corrected chi connectivity index (χ3v) is 3.62. The highest BCUT2D eigenvalue weighted by molar-refractivity contribution is 5.70. The van der Waals surface area contributed by atoms with Gasteiger partial charge in [-0.2, -0.15) is 0 Å². The number of hydrogen-bond acceptors (Lipinski definition) is 7. The monoisotopic (exact) mass is 330 g/mol. The molecule has 0 N–H and O–H groups in total. The second-order valence-electron chi connectivity index (χ2n) is 6.47. The maximum Gasteiger partial charge on any atom is 0.309 e. The Labute approximate surface area is 138 Å². The minimum absolute atomic E-state index is 0.177. The zero-order chi connectivity index (χ0) is 17.2. The summed E-state index contributed by atoms with van der Waals surface area (Å²) in [6, 6.07) is 0. The summed E-state index contributed by atoms with van der Waals surface area (Å²) in [5.41, 5.74) is 0. The summed E-state index contributed by atoms with van der Waals surface area (Å²) < 4.78 is 16.0. The SMILES string of the molecule is CN(C)CCC(=O)OCCC1CO[C@@H](OC(=O)CCN(C)C)C1. The molecule has 134 valence electrons. The Morgan fingerprint density at radius 3 is 2.26 bits per heavy atom. The van der Waals surface area contributed by atoms with E-state index in [0.29, 0.717) is 45.6 Å². The van der Waals surface area contributed by atoms with Crippen LogP contribution in [-0.2, 0) is 23.8 Å². The summed E-state index contributed by atoms with van der Waals surface area (Å²) in [5.74, 6) is -0.146. The van der Waals surface area contributed by atoms with Crippen molar-refractivity contribution in [1.82, 2.24) is 9.80 Å². The summed E-state index contributed by atoms with van der Waals surface area (Å²) in [6.07, 6.45) is 1.71. The molecule has 0 aliphatic carbocycles. The molecular formula is C16H30N2O5. The van der Waals surface area contributed by atoms with Gasteiger partial charge in [-0.25, -0.2) is 0 Å². The van der Waals surface area contributed by atoms with E-state index < -0.39 is 6.29 Å². The summed E-state index contributed by atoms with van der Waals surface area (Å²) in [7, 11) is 7.66. The van der Waals surface area contributed by atoms with Gasteiger partial charge in [0, 0.05) is 19.5 Å². The van der Waals surface area contributed by atoms with E-state index in [1.165, 1.54) is 0 Å². The van der Waals surface area contributed by atoms with E-state index in [4.69, 9.17) is 14.2 Å². The molecule has 7 heteroatoms. The van der Waals surface area contributed by atoms with Gasteiger partial charge in [0.2, 0.25) is 6.29 Å². The van der Waals surface area contributed by atoms with Crippen LogP contribution in [-0.4, -0.2) is 82.5 Å². The van der Waals surface area contributed by atoms with Gasteiger partial charge in [-0.15, -0.1) is 0 Å². The fraction of sp³-hybridized carbons (Fsp3) is 0.875. The normalized spacial score (nSPS) is 21.0. The number of ether oxygens (including phenoxy) is 3. The van der Waals surface area contributed by atoms with E-state index in [-0.39, 0.29) is 17.9 Å². The lowest BCUT2D eigenvalue weighted by Crippen LogP contribution is -2.22. The number of nitrogens with zero attached hydrogens (tertiary/aromatic N) is 2. The molecule has 1 rings (SSSR count). The van der Waals surface area contributed by atoms with Crippen molar-refractivity contribution >= 4 is 11.9 Å². The van der Waals surface area contributed by atoms with Crippen LogP contribution in [0.15, 0.2) is 0 Å². The molecule has 1 saturated heterocycles.